The minimum atomic E-state index is -3.26. The highest BCUT2D eigenvalue weighted by molar-refractivity contribution is 5.83. The molecule has 1 saturated carbocycles. The molecule has 0 saturated heterocycles. The van der Waals surface area contributed by atoms with E-state index >= 15 is 0 Å². The number of hydrogen-bond acceptors (Lipinski definition) is 2. The highest BCUT2D eigenvalue weighted by Gasteiger charge is 2.48. The van der Waals surface area contributed by atoms with Crippen LogP contribution < -0.4 is 10.6 Å². The van der Waals surface area contributed by atoms with Crippen LogP contribution in [0, 0.1) is 5.92 Å². The third kappa shape index (κ3) is 4.28. The molecule has 1 atom stereocenters. The Morgan fingerprint density at radius 3 is 2.33 bits per heavy atom. The molecule has 1 fully saturated rings. The standard InChI is InChI=1S/C20H26F4N2O/c1-12(2)8-16-17(27)26-19(4-5-19)14-9-13(18(3,21)22)10-15(11-14)20(23,24)6-7-25-16/h9-12,16,25H,4-8H2,1-3H3,(H,26,27). The second-order valence-corrected chi connectivity index (χ2v) is 8.35. The van der Waals surface area contributed by atoms with Crippen LogP contribution in [-0.4, -0.2) is 18.5 Å². The van der Waals surface area contributed by atoms with Gasteiger partial charge in [0, 0.05) is 31.0 Å². The van der Waals surface area contributed by atoms with Crippen LogP contribution in [0.4, 0.5) is 17.6 Å². The van der Waals surface area contributed by atoms with Crippen molar-refractivity contribution < 1.29 is 22.4 Å². The summed E-state index contributed by atoms with van der Waals surface area (Å²) in [5, 5.41) is 5.88. The van der Waals surface area contributed by atoms with E-state index in [1.807, 2.05) is 13.8 Å². The summed E-state index contributed by atoms with van der Waals surface area (Å²) < 4.78 is 57.4. The lowest BCUT2D eigenvalue weighted by Crippen LogP contribution is -2.48. The Kier molecular flexibility index (Phi) is 5.04. The summed E-state index contributed by atoms with van der Waals surface area (Å²) in [4.78, 5) is 12.8. The summed E-state index contributed by atoms with van der Waals surface area (Å²) in [5.74, 6) is -6.55. The zero-order chi connectivity index (χ0) is 20.0. The predicted octanol–water partition coefficient (Wildman–Crippen LogP) is 4.40. The monoisotopic (exact) mass is 386 g/mol. The first kappa shape index (κ1) is 20.1. The van der Waals surface area contributed by atoms with Gasteiger partial charge in [-0.1, -0.05) is 13.8 Å². The molecule has 1 aromatic carbocycles. The second kappa shape index (κ2) is 6.76. The molecule has 1 spiro atoms. The average molecular weight is 386 g/mol. The van der Waals surface area contributed by atoms with E-state index in [1.165, 1.54) is 12.1 Å². The van der Waals surface area contributed by atoms with Crippen molar-refractivity contribution in [2.75, 3.05) is 6.54 Å². The van der Waals surface area contributed by atoms with Gasteiger partial charge in [-0.25, -0.2) is 17.6 Å². The Labute approximate surface area is 156 Å². The normalized spacial score (nSPS) is 24.4. The van der Waals surface area contributed by atoms with Crippen molar-refractivity contribution >= 4 is 5.91 Å². The van der Waals surface area contributed by atoms with Crippen molar-refractivity contribution in [1.82, 2.24) is 10.6 Å². The molecule has 27 heavy (non-hydrogen) atoms. The number of nitrogens with one attached hydrogen (secondary N) is 2. The van der Waals surface area contributed by atoms with Gasteiger partial charge in [-0.3, -0.25) is 4.79 Å². The molecular formula is C20H26F4N2O. The first-order chi connectivity index (χ1) is 12.4. The number of hydrogen-bond donors (Lipinski definition) is 2. The lowest BCUT2D eigenvalue weighted by atomic mass is 9.93. The van der Waals surface area contributed by atoms with E-state index in [-0.39, 0.29) is 18.4 Å². The molecule has 0 radical (unpaired) electrons. The van der Waals surface area contributed by atoms with Crippen LogP contribution in [0.2, 0.25) is 0 Å². The average Bonchev–Trinajstić information content (AvgIpc) is 3.32. The van der Waals surface area contributed by atoms with E-state index in [0.717, 1.165) is 6.07 Å². The second-order valence-electron chi connectivity index (χ2n) is 8.35. The molecule has 3 rings (SSSR count). The number of benzene rings is 1. The number of rotatable bonds is 3. The minimum Gasteiger partial charge on any atom is -0.345 e. The fraction of sp³-hybridized carbons (Fsp3) is 0.650. The molecule has 1 unspecified atom stereocenters. The first-order valence-electron chi connectivity index (χ1n) is 9.40. The first-order valence-corrected chi connectivity index (χ1v) is 9.40. The van der Waals surface area contributed by atoms with Gasteiger partial charge in [0.2, 0.25) is 5.91 Å². The molecule has 2 aliphatic rings. The van der Waals surface area contributed by atoms with E-state index in [9.17, 15) is 22.4 Å². The molecule has 1 heterocycles. The van der Waals surface area contributed by atoms with Crippen molar-refractivity contribution in [2.24, 2.45) is 5.92 Å². The fourth-order valence-corrected chi connectivity index (χ4v) is 3.60. The third-order valence-electron chi connectivity index (χ3n) is 5.38. The smallest absolute Gasteiger partial charge is 0.274 e. The molecule has 7 heteroatoms. The maximum absolute atomic E-state index is 14.8. The van der Waals surface area contributed by atoms with Crippen LogP contribution in [0.1, 0.15) is 63.1 Å². The quantitative estimate of drug-likeness (QED) is 0.756. The van der Waals surface area contributed by atoms with Crippen molar-refractivity contribution in [3.63, 3.8) is 0 Å². The number of carbonyl (C=O) groups is 1. The van der Waals surface area contributed by atoms with Gasteiger partial charge >= 0.3 is 0 Å². The number of alkyl halides is 4. The number of amides is 1. The zero-order valence-electron chi connectivity index (χ0n) is 15.8. The summed E-state index contributed by atoms with van der Waals surface area (Å²) in [6.45, 7) is 4.54. The van der Waals surface area contributed by atoms with Gasteiger partial charge in [0.15, 0.2) is 0 Å². The Morgan fingerprint density at radius 1 is 1.15 bits per heavy atom. The largest absolute Gasteiger partial charge is 0.345 e. The molecule has 1 aromatic rings. The summed E-state index contributed by atoms with van der Waals surface area (Å²) in [6.07, 6.45) is 1.07. The predicted molar refractivity (Wildman–Crippen MR) is 94.8 cm³/mol. The van der Waals surface area contributed by atoms with Gasteiger partial charge in [0.1, 0.15) is 0 Å². The molecule has 150 valence electrons. The van der Waals surface area contributed by atoms with E-state index in [4.69, 9.17) is 0 Å². The van der Waals surface area contributed by atoms with Crippen LogP contribution in [0.3, 0.4) is 0 Å². The minimum absolute atomic E-state index is 0.0765. The molecule has 1 amide bonds. The van der Waals surface area contributed by atoms with E-state index in [1.54, 1.807) is 0 Å². The lowest BCUT2D eigenvalue weighted by Gasteiger charge is -2.25. The van der Waals surface area contributed by atoms with Gasteiger partial charge in [-0.2, -0.15) is 0 Å². The van der Waals surface area contributed by atoms with E-state index in [0.29, 0.717) is 31.7 Å². The highest BCUT2D eigenvalue weighted by atomic mass is 19.3. The van der Waals surface area contributed by atoms with Gasteiger partial charge in [-0.15, -0.1) is 0 Å². The van der Waals surface area contributed by atoms with Gasteiger partial charge in [-0.05, 0) is 48.9 Å². The highest BCUT2D eigenvalue weighted by Crippen LogP contribution is 2.48. The molecule has 0 aromatic heterocycles. The van der Waals surface area contributed by atoms with E-state index in [2.05, 4.69) is 10.6 Å². The summed E-state index contributed by atoms with van der Waals surface area (Å²) in [7, 11) is 0. The number of halogens is 4. The van der Waals surface area contributed by atoms with Crippen molar-refractivity contribution in [3.05, 3.63) is 34.9 Å². The van der Waals surface area contributed by atoms with Crippen LogP contribution in [0.5, 0.6) is 0 Å². The van der Waals surface area contributed by atoms with Crippen LogP contribution in [-0.2, 0) is 22.2 Å². The molecular weight excluding hydrogens is 360 g/mol. The Morgan fingerprint density at radius 2 is 1.78 bits per heavy atom. The third-order valence-corrected chi connectivity index (χ3v) is 5.38. The van der Waals surface area contributed by atoms with Gasteiger partial charge in [0.05, 0.1) is 11.6 Å². The lowest BCUT2D eigenvalue weighted by molar-refractivity contribution is -0.124. The summed E-state index contributed by atoms with van der Waals surface area (Å²) >= 11 is 0. The summed E-state index contributed by atoms with van der Waals surface area (Å²) in [6, 6.07) is 2.85. The van der Waals surface area contributed by atoms with Crippen LogP contribution >= 0.6 is 0 Å². The maximum Gasteiger partial charge on any atom is 0.274 e. The van der Waals surface area contributed by atoms with Gasteiger partial charge in [0.25, 0.3) is 11.8 Å². The molecule has 2 bridgehead atoms. The van der Waals surface area contributed by atoms with Crippen molar-refractivity contribution in [1.29, 1.82) is 0 Å². The van der Waals surface area contributed by atoms with Crippen LogP contribution in [0.25, 0.3) is 0 Å². The number of carbonyl (C=O) groups excluding carboxylic acids is 1. The molecule has 2 N–H and O–H groups in total. The Hall–Kier alpha value is -1.63. The Bertz CT molecular complexity index is 723. The maximum atomic E-state index is 14.8. The Balaban J connectivity index is 2.06. The topological polar surface area (TPSA) is 41.1 Å². The van der Waals surface area contributed by atoms with Crippen LogP contribution in [0.15, 0.2) is 18.2 Å². The fourth-order valence-electron chi connectivity index (χ4n) is 3.60. The number of fused-ring (bicyclic) bond motifs is 3. The summed E-state index contributed by atoms with van der Waals surface area (Å²) in [5.41, 5.74) is -1.35. The van der Waals surface area contributed by atoms with Gasteiger partial charge < -0.3 is 10.6 Å². The molecule has 3 nitrogen and oxygen atoms in total. The molecule has 1 aliphatic heterocycles. The zero-order valence-corrected chi connectivity index (χ0v) is 15.8. The van der Waals surface area contributed by atoms with Crippen molar-refractivity contribution in [3.8, 4) is 0 Å². The molecule has 1 aliphatic carbocycles. The SMILES string of the molecule is CC(C)CC1NCCC(F)(F)c2cc(C(C)(F)F)cc(c2)C2(CC2)NC1=O. The van der Waals surface area contributed by atoms with E-state index < -0.39 is 41.0 Å². The van der Waals surface area contributed by atoms with Crippen molar-refractivity contribution in [2.45, 2.75) is 69.9 Å².